The topological polar surface area (TPSA) is 43.4 Å². The third-order valence-electron chi connectivity index (χ3n) is 4.75. The smallest absolute Gasteiger partial charge is 0.266 e. The molecule has 0 radical (unpaired) electrons. The van der Waals surface area contributed by atoms with Gasteiger partial charge in [0.05, 0.1) is 11.5 Å². The van der Waals surface area contributed by atoms with Gasteiger partial charge in [-0.05, 0) is 46.2 Å². The molecule has 0 heterocycles. The van der Waals surface area contributed by atoms with E-state index in [9.17, 15) is 8.42 Å². The average Bonchev–Trinajstić information content (AvgIpc) is 2.73. The Bertz CT molecular complexity index is 1050. The summed E-state index contributed by atoms with van der Waals surface area (Å²) in [6.07, 6.45) is 2.53. The van der Waals surface area contributed by atoms with Crippen molar-refractivity contribution in [3.63, 3.8) is 0 Å². The standard InChI is InChI=1S/C25H26O3S/c1-4-20-10-12-22(13-11-20)23-14-16-24(17-15-23)29(26,27)28-19-25(2,3)18-21-8-6-5-7-9-21/h4-17H,1,18-19H2,2-3H3. The van der Waals surface area contributed by atoms with Crippen molar-refractivity contribution in [1.29, 1.82) is 0 Å². The number of hydrogen-bond donors (Lipinski definition) is 0. The lowest BCUT2D eigenvalue weighted by Gasteiger charge is -2.24. The lowest BCUT2D eigenvalue weighted by Crippen LogP contribution is -2.24. The summed E-state index contributed by atoms with van der Waals surface area (Å²) < 4.78 is 30.6. The minimum atomic E-state index is -3.81. The minimum Gasteiger partial charge on any atom is -0.266 e. The molecule has 0 atom stereocenters. The van der Waals surface area contributed by atoms with E-state index in [1.165, 1.54) is 0 Å². The highest BCUT2D eigenvalue weighted by Crippen LogP contribution is 2.26. The Kier molecular flexibility index (Phi) is 6.36. The van der Waals surface area contributed by atoms with Crippen LogP contribution in [-0.4, -0.2) is 15.0 Å². The molecular formula is C25H26O3S. The normalized spacial score (nSPS) is 11.9. The molecule has 0 aliphatic carbocycles. The molecule has 0 saturated carbocycles. The fraction of sp³-hybridized carbons (Fsp3) is 0.200. The van der Waals surface area contributed by atoms with Crippen LogP contribution in [0.3, 0.4) is 0 Å². The molecular weight excluding hydrogens is 380 g/mol. The number of rotatable bonds is 8. The molecule has 3 nitrogen and oxygen atoms in total. The largest absolute Gasteiger partial charge is 0.296 e. The van der Waals surface area contributed by atoms with Gasteiger partial charge in [-0.25, -0.2) is 0 Å². The number of hydrogen-bond acceptors (Lipinski definition) is 3. The molecule has 0 aliphatic heterocycles. The van der Waals surface area contributed by atoms with Crippen LogP contribution in [0.15, 0.2) is 90.3 Å². The molecule has 4 heteroatoms. The first kappa shape index (κ1) is 21.0. The Labute approximate surface area is 173 Å². The van der Waals surface area contributed by atoms with Crippen molar-refractivity contribution in [3.8, 4) is 11.1 Å². The number of benzene rings is 3. The van der Waals surface area contributed by atoms with Gasteiger partial charge in [0.25, 0.3) is 10.1 Å². The van der Waals surface area contributed by atoms with Crippen LogP contribution >= 0.6 is 0 Å². The molecule has 0 aromatic heterocycles. The van der Waals surface area contributed by atoms with E-state index in [0.29, 0.717) is 0 Å². The first-order chi connectivity index (χ1) is 13.8. The fourth-order valence-corrected chi connectivity index (χ4v) is 4.21. The SMILES string of the molecule is C=Cc1ccc(-c2ccc(S(=O)(=O)OCC(C)(C)Cc3ccccc3)cc2)cc1. The third-order valence-corrected chi connectivity index (χ3v) is 6.03. The van der Waals surface area contributed by atoms with E-state index in [-0.39, 0.29) is 16.9 Å². The maximum Gasteiger partial charge on any atom is 0.296 e. The van der Waals surface area contributed by atoms with E-state index < -0.39 is 10.1 Å². The summed E-state index contributed by atoms with van der Waals surface area (Å²) in [6, 6.07) is 24.7. The lowest BCUT2D eigenvalue weighted by atomic mass is 9.87. The second-order valence-electron chi connectivity index (χ2n) is 7.89. The van der Waals surface area contributed by atoms with Gasteiger partial charge < -0.3 is 0 Å². The molecule has 150 valence electrons. The lowest BCUT2D eigenvalue weighted by molar-refractivity contribution is 0.185. The molecule has 0 N–H and O–H groups in total. The molecule has 3 aromatic rings. The Balaban J connectivity index is 1.68. The van der Waals surface area contributed by atoms with Gasteiger partial charge in [0.2, 0.25) is 0 Å². The Morgan fingerprint density at radius 3 is 1.97 bits per heavy atom. The van der Waals surface area contributed by atoms with Gasteiger partial charge in [-0.3, -0.25) is 4.18 Å². The van der Waals surface area contributed by atoms with Gasteiger partial charge in [-0.2, -0.15) is 8.42 Å². The molecule has 0 aliphatic rings. The zero-order valence-electron chi connectivity index (χ0n) is 16.8. The highest BCUT2D eigenvalue weighted by molar-refractivity contribution is 7.86. The zero-order valence-corrected chi connectivity index (χ0v) is 17.7. The molecule has 3 rings (SSSR count). The zero-order chi connectivity index (χ0) is 20.9. The van der Waals surface area contributed by atoms with Gasteiger partial charge in [-0.15, -0.1) is 0 Å². The molecule has 3 aromatic carbocycles. The van der Waals surface area contributed by atoms with Crippen LogP contribution in [0.25, 0.3) is 17.2 Å². The second-order valence-corrected chi connectivity index (χ2v) is 9.51. The van der Waals surface area contributed by atoms with Crippen molar-refractivity contribution in [1.82, 2.24) is 0 Å². The van der Waals surface area contributed by atoms with Crippen LogP contribution < -0.4 is 0 Å². The van der Waals surface area contributed by atoms with Crippen molar-refractivity contribution in [2.45, 2.75) is 25.2 Å². The first-order valence-corrected chi connectivity index (χ1v) is 11.0. The van der Waals surface area contributed by atoms with E-state index in [4.69, 9.17) is 4.18 Å². The maximum atomic E-state index is 12.6. The summed E-state index contributed by atoms with van der Waals surface area (Å²) in [6.45, 7) is 7.88. The van der Waals surface area contributed by atoms with Crippen LogP contribution in [0.1, 0.15) is 25.0 Å². The fourth-order valence-electron chi connectivity index (χ4n) is 3.13. The van der Waals surface area contributed by atoms with Gasteiger partial charge in [0, 0.05) is 0 Å². The van der Waals surface area contributed by atoms with Crippen LogP contribution in [0, 0.1) is 5.41 Å². The van der Waals surface area contributed by atoms with Crippen molar-refractivity contribution in [2.24, 2.45) is 5.41 Å². The predicted octanol–water partition coefficient (Wildman–Crippen LogP) is 5.97. The van der Waals surface area contributed by atoms with Gasteiger partial charge in [-0.1, -0.05) is 93.2 Å². The monoisotopic (exact) mass is 406 g/mol. The van der Waals surface area contributed by atoms with Crippen molar-refractivity contribution in [2.75, 3.05) is 6.61 Å². The van der Waals surface area contributed by atoms with Crippen LogP contribution in [0.2, 0.25) is 0 Å². The molecule has 0 amide bonds. The van der Waals surface area contributed by atoms with Gasteiger partial charge in [0.15, 0.2) is 0 Å². The minimum absolute atomic E-state index is 0.120. The molecule has 0 spiro atoms. The van der Waals surface area contributed by atoms with E-state index in [0.717, 1.165) is 28.7 Å². The summed E-state index contributed by atoms with van der Waals surface area (Å²) >= 11 is 0. The first-order valence-electron chi connectivity index (χ1n) is 9.55. The van der Waals surface area contributed by atoms with Crippen LogP contribution in [-0.2, 0) is 20.7 Å². The van der Waals surface area contributed by atoms with Gasteiger partial charge in [0.1, 0.15) is 0 Å². The van der Waals surface area contributed by atoms with E-state index in [2.05, 4.69) is 6.58 Å². The average molecular weight is 407 g/mol. The summed E-state index contributed by atoms with van der Waals surface area (Å²) in [7, 11) is -3.81. The molecule has 0 unspecified atom stereocenters. The van der Waals surface area contributed by atoms with Crippen LogP contribution in [0.4, 0.5) is 0 Å². The quantitative estimate of drug-likeness (QED) is 0.433. The predicted molar refractivity (Wildman–Crippen MR) is 119 cm³/mol. The van der Waals surface area contributed by atoms with Crippen LogP contribution in [0.5, 0.6) is 0 Å². The van der Waals surface area contributed by atoms with Crippen molar-refractivity contribution < 1.29 is 12.6 Å². The Morgan fingerprint density at radius 1 is 0.862 bits per heavy atom. The molecule has 0 bridgehead atoms. The third kappa shape index (κ3) is 5.66. The summed E-state index contributed by atoms with van der Waals surface area (Å²) in [5.41, 5.74) is 3.86. The second kappa shape index (κ2) is 8.76. The maximum absolute atomic E-state index is 12.6. The highest BCUT2D eigenvalue weighted by atomic mass is 32.2. The van der Waals surface area contributed by atoms with Gasteiger partial charge >= 0.3 is 0 Å². The highest BCUT2D eigenvalue weighted by Gasteiger charge is 2.24. The van der Waals surface area contributed by atoms with E-state index in [1.807, 2.05) is 68.4 Å². The van der Waals surface area contributed by atoms with E-state index in [1.54, 1.807) is 30.3 Å². The molecule has 0 fully saturated rings. The Hall–Kier alpha value is -2.69. The Morgan fingerprint density at radius 2 is 1.41 bits per heavy atom. The summed E-state index contributed by atoms with van der Waals surface area (Å²) in [4.78, 5) is 0.166. The van der Waals surface area contributed by atoms with E-state index >= 15 is 0 Å². The summed E-state index contributed by atoms with van der Waals surface area (Å²) in [5.74, 6) is 0. The summed E-state index contributed by atoms with van der Waals surface area (Å²) in [5, 5.41) is 0. The van der Waals surface area contributed by atoms with Crippen molar-refractivity contribution >= 4 is 16.2 Å². The molecule has 29 heavy (non-hydrogen) atoms. The van der Waals surface area contributed by atoms with Crippen molar-refractivity contribution in [3.05, 3.63) is 96.6 Å². The molecule has 0 saturated heterocycles.